The molecule has 0 saturated heterocycles. The second-order valence-corrected chi connectivity index (χ2v) is 7.48. The molecular weight excluding hydrogens is 348 g/mol. The third-order valence-corrected chi connectivity index (χ3v) is 4.89. The third kappa shape index (κ3) is 6.46. The number of hydrogen-bond donors (Lipinski definition) is 0. The van der Waals surface area contributed by atoms with E-state index in [9.17, 15) is 0 Å². The van der Waals surface area contributed by atoms with Crippen LogP contribution in [0.3, 0.4) is 0 Å². The van der Waals surface area contributed by atoms with Crippen molar-refractivity contribution in [3.63, 3.8) is 0 Å². The largest absolute Gasteiger partial charge is 0.0776 e. The van der Waals surface area contributed by atoms with Gasteiger partial charge in [0.1, 0.15) is 0 Å². The van der Waals surface area contributed by atoms with E-state index < -0.39 is 0 Å². The van der Waals surface area contributed by atoms with Gasteiger partial charge in [0, 0.05) is 0 Å². The molecule has 0 aromatic heterocycles. The monoisotopic (exact) mass is 388 g/mol. The standard InChI is InChI=1S/2C13H14.3CH4/c1-10(2)12-9-5-7-11-6-3-4-8-13(11)12;1-10(2)12-8-7-11-5-3-4-6-13(11)9-12;;;/h2*3-10H,1-2H3;3*1H4. The zero-order chi connectivity index (χ0) is 18.5. The first kappa shape index (κ1) is 26.4. The van der Waals surface area contributed by atoms with Crippen molar-refractivity contribution in [2.45, 2.75) is 61.8 Å². The maximum absolute atomic E-state index is 2.28. The fraction of sp³-hybridized carbons (Fsp3) is 0.310. The van der Waals surface area contributed by atoms with Crippen LogP contribution in [0, 0.1) is 0 Å². The Morgan fingerprint density at radius 1 is 0.483 bits per heavy atom. The van der Waals surface area contributed by atoms with Gasteiger partial charge in [-0.05, 0) is 44.5 Å². The van der Waals surface area contributed by atoms with Gasteiger partial charge in [0.25, 0.3) is 0 Å². The van der Waals surface area contributed by atoms with Crippen LogP contribution in [0.25, 0.3) is 21.5 Å². The number of fused-ring (bicyclic) bond motifs is 2. The van der Waals surface area contributed by atoms with Gasteiger partial charge in [0.15, 0.2) is 0 Å². The molecule has 0 aliphatic rings. The third-order valence-electron chi connectivity index (χ3n) is 4.89. The van der Waals surface area contributed by atoms with E-state index >= 15 is 0 Å². The van der Waals surface area contributed by atoms with Gasteiger partial charge in [-0.1, -0.05) is 135 Å². The highest BCUT2D eigenvalue weighted by molar-refractivity contribution is 5.86. The molecule has 0 heteroatoms. The Balaban J connectivity index is 0.000000490. The average Bonchev–Trinajstić information content (AvgIpc) is 2.67. The van der Waals surface area contributed by atoms with E-state index in [1.165, 1.54) is 32.7 Å². The van der Waals surface area contributed by atoms with Crippen LogP contribution in [-0.4, -0.2) is 0 Å². The molecule has 0 amide bonds. The van der Waals surface area contributed by atoms with E-state index in [1.807, 2.05) is 0 Å². The summed E-state index contributed by atoms with van der Waals surface area (Å²) in [5.41, 5.74) is 2.86. The summed E-state index contributed by atoms with van der Waals surface area (Å²) in [4.78, 5) is 0. The topological polar surface area (TPSA) is 0 Å². The molecule has 0 saturated carbocycles. The normalized spacial score (nSPS) is 9.86. The maximum atomic E-state index is 2.28. The van der Waals surface area contributed by atoms with E-state index in [1.54, 1.807) is 0 Å². The summed E-state index contributed by atoms with van der Waals surface area (Å²) in [6, 6.07) is 30.3. The van der Waals surface area contributed by atoms with Crippen LogP contribution in [-0.2, 0) is 0 Å². The van der Waals surface area contributed by atoms with Gasteiger partial charge in [-0.3, -0.25) is 0 Å². The Hall–Kier alpha value is -2.60. The lowest BCUT2D eigenvalue weighted by molar-refractivity contribution is 0.869. The number of benzene rings is 4. The second kappa shape index (κ2) is 12.1. The van der Waals surface area contributed by atoms with Gasteiger partial charge in [0.2, 0.25) is 0 Å². The van der Waals surface area contributed by atoms with E-state index in [0.29, 0.717) is 11.8 Å². The molecule has 0 heterocycles. The molecule has 0 spiro atoms. The van der Waals surface area contributed by atoms with Gasteiger partial charge in [0.05, 0.1) is 0 Å². The molecule has 0 bridgehead atoms. The Labute approximate surface area is 179 Å². The molecule has 0 unspecified atom stereocenters. The van der Waals surface area contributed by atoms with Gasteiger partial charge >= 0.3 is 0 Å². The van der Waals surface area contributed by atoms with Crippen LogP contribution in [0.5, 0.6) is 0 Å². The lowest BCUT2D eigenvalue weighted by Gasteiger charge is -2.08. The number of hydrogen-bond acceptors (Lipinski definition) is 0. The van der Waals surface area contributed by atoms with E-state index in [-0.39, 0.29) is 22.3 Å². The highest BCUT2D eigenvalue weighted by atomic mass is 14.1. The van der Waals surface area contributed by atoms with Crippen molar-refractivity contribution in [1.82, 2.24) is 0 Å². The molecule has 0 nitrogen and oxygen atoms in total. The summed E-state index contributed by atoms with van der Waals surface area (Å²) in [7, 11) is 0. The van der Waals surface area contributed by atoms with Crippen LogP contribution >= 0.6 is 0 Å². The number of rotatable bonds is 2. The molecule has 0 radical (unpaired) electrons. The smallest absolute Gasteiger partial charge is 0.0149 e. The van der Waals surface area contributed by atoms with Crippen LogP contribution < -0.4 is 0 Å². The SMILES string of the molecule is C.C.C.CC(C)c1ccc2ccccc2c1.CC(C)c1cccc2ccccc12. The molecule has 4 aromatic carbocycles. The second-order valence-electron chi connectivity index (χ2n) is 7.48. The molecule has 0 aliphatic heterocycles. The highest BCUT2D eigenvalue weighted by Crippen LogP contribution is 2.24. The molecule has 0 aliphatic carbocycles. The Morgan fingerprint density at radius 2 is 1.03 bits per heavy atom. The summed E-state index contributed by atoms with van der Waals surface area (Å²) in [5.74, 6) is 1.22. The Kier molecular flexibility index (Phi) is 11.0. The predicted octanol–water partition coefficient (Wildman–Crippen LogP) is 9.83. The van der Waals surface area contributed by atoms with Crippen molar-refractivity contribution >= 4 is 21.5 Å². The molecule has 0 fully saturated rings. The van der Waals surface area contributed by atoms with E-state index in [0.717, 1.165) is 0 Å². The molecule has 156 valence electrons. The molecule has 4 aromatic rings. The first-order chi connectivity index (χ1) is 12.6. The van der Waals surface area contributed by atoms with Crippen LogP contribution in [0.4, 0.5) is 0 Å². The molecule has 0 atom stereocenters. The summed E-state index contributed by atoms with van der Waals surface area (Å²) in [6.45, 7) is 8.93. The lowest BCUT2D eigenvalue weighted by Crippen LogP contribution is -1.88. The minimum Gasteiger partial charge on any atom is -0.0776 e. The van der Waals surface area contributed by atoms with Crippen molar-refractivity contribution in [2.24, 2.45) is 0 Å². The minimum atomic E-state index is 0. The van der Waals surface area contributed by atoms with Crippen molar-refractivity contribution in [3.05, 3.63) is 96.1 Å². The van der Waals surface area contributed by atoms with Gasteiger partial charge in [-0.25, -0.2) is 0 Å². The summed E-state index contributed by atoms with van der Waals surface area (Å²) in [6.07, 6.45) is 0. The van der Waals surface area contributed by atoms with Crippen LogP contribution in [0.1, 0.15) is 72.9 Å². The Morgan fingerprint density at radius 3 is 1.66 bits per heavy atom. The van der Waals surface area contributed by atoms with Gasteiger partial charge in [-0.15, -0.1) is 0 Å². The molecule has 0 N–H and O–H groups in total. The zero-order valence-corrected chi connectivity index (χ0v) is 16.2. The lowest BCUT2D eigenvalue weighted by atomic mass is 9.96. The van der Waals surface area contributed by atoms with Crippen molar-refractivity contribution in [1.29, 1.82) is 0 Å². The quantitative estimate of drug-likeness (QED) is 0.320. The Bertz CT molecular complexity index is 981. The van der Waals surface area contributed by atoms with Gasteiger partial charge in [-0.2, -0.15) is 0 Å². The molecule has 4 rings (SSSR count). The maximum Gasteiger partial charge on any atom is -0.0149 e. The zero-order valence-electron chi connectivity index (χ0n) is 16.2. The van der Waals surface area contributed by atoms with E-state index in [2.05, 4.69) is 113 Å². The molecular formula is C29H40. The summed E-state index contributed by atoms with van der Waals surface area (Å²) in [5, 5.41) is 5.40. The first-order valence-corrected chi connectivity index (χ1v) is 9.52. The van der Waals surface area contributed by atoms with E-state index in [4.69, 9.17) is 0 Å². The highest BCUT2D eigenvalue weighted by Gasteiger charge is 2.02. The first-order valence-electron chi connectivity index (χ1n) is 9.52. The fourth-order valence-corrected chi connectivity index (χ4v) is 3.32. The average molecular weight is 389 g/mol. The van der Waals surface area contributed by atoms with Crippen molar-refractivity contribution in [3.8, 4) is 0 Å². The summed E-state index contributed by atoms with van der Waals surface area (Å²) < 4.78 is 0. The fourth-order valence-electron chi connectivity index (χ4n) is 3.32. The van der Waals surface area contributed by atoms with Crippen LogP contribution in [0.15, 0.2) is 84.9 Å². The van der Waals surface area contributed by atoms with Crippen molar-refractivity contribution in [2.75, 3.05) is 0 Å². The molecule has 29 heavy (non-hydrogen) atoms. The van der Waals surface area contributed by atoms with Crippen LogP contribution in [0.2, 0.25) is 0 Å². The van der Waals surface area contributed by atoms with Gasteiger partial charge < -0.3 is 0 Å². The minimum absolute atomic E-state index is 0. The van der Waals surface area contributed by atoms with Crippen molar-refractivity contribution < 1.29 is 0 Å². The predicted molar refractivity (Wildman–Crippen MR) is 136 cm³/mol. The summed E-state index contributed by atoms with van der Waals surface area (Å²) >= 11 is 0.